The number of benzene rings is 1. The van der Waals surface area contributed by atoms with E-state index in [9.17, 15) is 8.42 Å². The maximum Gasteiger partial charge on any atom is 0.211 e. The van der Waals surface area contributed by atoms with E-state index in [1.165, 1.54) is 17.0 Å². The van der Waals surface area contributed by atoms with Gasteiger partial charge in [0.15, 0.2) is 12.0 Å². The van der Waals surface area contributed by atoms with Crippen LogP contribution in [0.25, 0.3) is 11.1 Å². The Morgan fingerprint density at radius 2 is 1.92 bits per heavy atom. The van der Waals surface area contributed by atoms with Gasteiger partial charge >= 0.3 is 0 Å². The number of sulfonamides is 1. The molecule has 13 heteroatoms. The Morgan fingerprint density at radius 1 is 1.17 bits per heavy atom. The van der Waals surface area contributed by atoms with Gasteiger partial charge in [0.1, 0.15) is 28.8 Å². The summed E-state index contributed by atoms with van der Waals surface area (Å²) >= 11 is 0. The minimum Gasteiger partial charge on any atom is -0.443 e. The number of aromatic nitrogens is 2. The predicted octanol–water partition coefficient (Wildman–Crippen LogP) is 1.60. The van der Waals surface area contributed by atoms with Gasteiger partial charge in [-0.15, -0.1) is 0 Å². The van der Waals surface area contributed by atoms with Crippen molar-refractivity contribution in [3.8, 4) is 0 Å². The van der Waals surface area contributed by atoms with Crippen LogP contribution in [0.2, 0.25) is 0 Å². The molecule has 1 saturated heterocycles. The van der Waals surface area contributed by atoms with Crippen molar-refractivity contribution in [3.63, 3.8) is 0 Å². The average Bonchev–Trinajstić information content (AvgIpc) is 3.27. The summed E-state index contributed by atoms with van der Waals surface area (Å²) < 4.78 is 30.5. The van der Waals surface area contributed by atoms with E-state index in [-0.39, 0.29) is 11.7 Å². The Balaban J connectivity index is 1.61. The molecule has 12 nitrogen and oxygen atoms in total. The fourth-order valence-corrected chi connectivity index (χ4v) is 4.73. The highest BCUT2D eigenvalue weighted by molar-refractivity contribution is 7.88. The molecule has 1 aliphatic rings. The van der Waals surface area contributed by atoms with Crippen molar-refractivity contribution >= 4 is 44.3 Å². The highest BCUT2D eigenvalue weighted by Gasteiger charge is 2.23. The number of aliphatic imine (C=N–C) groups is 2. The molecule has 1 aromatic carbocycles. The number of rotatable bonds is 7. The molecular weight excluding hydrogens is 482 g/mol. The number of piperazine rings is 1. The monoisotopic (exact) mass is 511 g/mol. The highest BCUT2D eigenvalue weighted by atomic mass is 32.2. The second-order valence-corrected chi connectivity index (χ2v) is 10.5. The third kappa shape index (κ3) is 6.24. The van der Waals surface area contributed by atoms with Crippen LogP contribution in [0.3, 0.4) is 0 Å². The number of pyridine rings is 1. The number of fused-ring (bicyclic) bond motifs is 1. The molecule has 0 atom stereocenters. The smallest absolute Gasteiger partial charge is 0.211 e. The van der Waals surface area contributed by atoms with E-state index in [0.717, 1.165) is 16.8 Å². The minimum absolute atomic E-state index is 0.128. The first-order chi connectivity index (χ1) is 17.1. The first-order valence-corrected chi connectivity index (χ1v) is 13.0. The molecule has 0 radical (unpaired) electrons. The number of nitrogens with one attached hydrogen (secondary N) is 1. The normalized spacial score (nSPS) is 16.4. The number of nitrogens with two attached hydrogens (primary N) is 2. The largest absolute Gasteiger partial charge is 0.443 e. The predicted molar refractivity (Wildman–Crippen MR) is 140 cm³/mol. The fourth-order valence-electron chi connectivity index (χ4n) is 3.90. The van der Waals surface area contributed by atoms with Gasteiger partial charge in [0.2, 0.25) is 10.0 Å². The lowest BCUT2D eigenvalue weighted by molar-refractivity contribution is 0.182. The van der Waals surface area contributed by atoms with Crippen molar-refractivity contribution in [2.24, 2.45) is 21.5 Å². The summed E-state index contributed by atoms with van der Waals surface area (Å²) in [5.74, 6) is 1.19. The van der Waals surface area contributed by atoms with Crippen LogP contribution < -0.4 is 16.8 Å². The number of anilines is 2. The first-order valence-electron chi connectivity index (χ1n) is 11.2. The standard InChI is InChI=1S/C23H29N9O3S/c1-15(24)28-16(2)29-22(25)19-10-17(13-31-6-8-32(9-7-31)36(3,33)34)12-26-23(19)30-18-4-5-20-21(11-18)35-14-27-20/h4-5,10-12,14H,1,6-9,13,24H2,2-3H3,(H,26,30)(H2,25,28,29). The molecule has 2 aromatic heterocycles. The van der Waals surface area contributed by atoms with Gasteiger partial charge in [0, 0.05) is 50.7 Å². The van der Waals surface area contributed by atoms with Crippen LogP contribution in [0.5, 0.6) is 0 Å². The van der Waals surface area contributed by atoms with E-state index in [2.05, 4.69) is 36.7 Å². The van der Waals surface area contributed by atoms with Gasteiger partial charge in [-0.3, -0.25) is 4.90 Å². The van der Waals surface area contributed by atoms with Crippen molar-refractivity contribution in [2.75, 3.05) is 37.8 Å². The summed E-state index contributed by atoms with van der Waals surface area (Å²) in [5, 5.41) is 3.27. The quantitative estimate of drug-likeness (QED) is 0.315. The molecule has 3 aromatic rings. The fraction of sp³-hybridized carbons (Fsp3) is 0.304. The number of nitrogens with zero attached hydrogens (tertiary/aromatic N) is 6. The zero-order valence-corrected chi connectivity index (χ0v) is 21.0. The van der Waals surface area contributed by atoms with Crippen molar-refractivity contribution in [1.82, 2.24) is 19.2 Å². The summed E-state index contributed by atoms with van der Waals surface area (Å²) in [4.78, 5) is 19.3. The Labute approximate surface area is 209 Å². The van der Waals surface area contributed by atoms with Crippen LogP contribution in [0.4, 0.5) is 11.5 Å². The van der Waals surface area contributed by atoms with Gasteiger partial charge in [-0.1, -0.05) is 6.58 Å². The van der Waals surface area contributed by atoms with Crippen LogP contribution in [-0.4, -0.2) is 71.7 Å². The molecule has 0 saturated carbocycles. The Bertz CT molecular complexity index is 1440. The molecule has 0 unspecified atom stereocenters. The zero-order valence-electron chi connectivity index (χ0n) is 20.2. The van der Waals surface area contributed by atoms with Gasteiger partial charge in [0.25, 0.3) is 0 Å². The minimum atomic E-state index is -3.19. The summed E-state index contributed by atoms with van der Waals surface area (Å²) in [7, 11) is -3.19. The van der Waals surface area contributed by atoms with E-state index in [4.69, 9.17) is 15.9 Å². The summed E-state index contributed by atoms with van der Waals surface area (Å²) in [6.07, 6.45) is 4.39. The number of hydrogen-bond donors (Lipinski definition) is 3. The van der Waals surface area contributed by atoms with Crippen molar-refractivity contribution in [1.29, 1.82) is 0 Å². The number of oxazole rings is 1. The van der Waals surface area contributed by atoms with Gasteiger partial charge in [-0.25, -0.2) is 28.4 Å². The molecule has 36 heavy (non-hydrogen) atoms. The molecule has 1 fully saturated rings. The van der Waals surface area contributed by atoms with Gasteiger partial charge < -0.3 is 21.2 Å². The maximum absolute atomic E-state index is 11.8. The molecule has 0 bridgehead atoms. The molecule has 190 valence electrons. The van der Waals surface area contributed by atoms with E-state index < -0.39 is 10.0 Å². The topological polar surface area (TPSA) is 168 Å². The number of hydrogen-bond acceptors (Lipinski definition) is 9. The van der Waals surface area contributed by atoms with Gasteiger partial charge in [0.05, 0.1) is 11.8 Å². The highest BCUT2D eigenvalue weighted by Crippen LogP contribution is 2.24. The van der Waals surface area contributed by atoms with Crippen molar-refractivity contribution < 1.29 is 12.8 Å². The first kappa shape index (κ1) is 25.3. The molecular formula is C23H29N9O3S. The lowest BCUT2D eigenvalue weighted by Gasteiger charge is -2.33. The van der Waals surface area contributed by atoms with E-state index >= 15 is 0 Å². The lowest BCUT2D eigenvalue weighted by atomic mass is 10.1. The Morgan fingerprint density at radius 3 is 2.61 bits per heavy atom. The molecule has 3 heterocycles. The Hall–Kier alpha value is -3.81. The summed E-state index contributed by atoms with van der Waals surface area (Å²) in [5.41, 5.74) is 15.5. The van der Waals surface area contributed by atoms with Crippen LogP contribution in [0.15, 0.2) is 63.7 Å². The summed E-state index contributed by atoms with van der Waals surface area (Å²) in [6.45, 7) is 7.96. The zero-order chi connectivity index (χ0) is 25.9. The van der Waals surface area contributed by atoms with Crippen molar-refractivity contribution in [2.45, 2.75) is 13.5 Å². The van der Waals surface area contributed by atoms with E-state index in [1.807, 2.05) is 24.3 Å². The van der Waals surface area contributed by atoms with Gasteiger partial charge in [-0.05, 0) is 30.7 Å². The van der Waals surface area contributed by atoms with E-state index in [1.54, 1.807) is 13.1 Å². The third-order valence-corrected chi connectivity index (χ3v) is 6.91. The lowest BCUT2D eigenvalue weighted by Crippen LogP contribution is -2.47. The molecule has 0 aliphatic carbocycles. The van der Waals surface area contributed by atoms with E-state index in [0.29, 0.717) is 55.5 Å². The molecule has 4 rings (SSSR count). The second kappa shape index (κ2) is 10.4. The van der Waals surface area contributed by atoms with Crippen LogP contribution in [0, 0.1) is 0 Å². The second-order valence-electron chi connectivity index (χ2n) is 8.49. The molecule has 1 aliphatic heterocycles. The average molecular weight is 512 g/mol. The van der Waals surface area contributed by atoms with Crippen LogP contribution in [0.1, 0.15) is 18.1 Å². The van der Waals surface area contributed by atoms with Crippen LogP contribution >= 0.6 is 0 Å². The Kier molecular flexibility index (Phi) is 7.33. The maximum atomic E-state index is 11.8. The van der Waals surface area contributed by atoms with Gasteiger partial charge in [-0.2, -0.15) is 4.31 Å². The molecule has 0 spiro atoms. The van der Waals surface area contributed by atoms with Crippen molar-refractivity contribution in [3.05, 3.63) is 60.4 Å². The third-order valence-electron chi connectivity index (χ3n) is 5.61. The number of amidine groups is 2. The SMILES string of the molecule is C=C(N)N=C(C)N=C(N)c1cc(CN2CCN(S(C)(=O)=O)CC2)cnc1Nc1ccc2ncoc2c1. The molecule has 0 amide bonds. The molecule has 5 N–H and O–H groups in total. The summed E-state index contributed by atoms with van der Waals surface area (Å²) in [6, 6.07) is 7.44. The van der Waals surface area contributed by atoms with Crippen LogP contribution in [-0.2, 0) is 16.6 Å².